The molecule has 0 heterocycles. The Bertz CT molecular complexity index is 509. The lowest BCUT2D eigenvalue weighted by Gasteiger charge is -2.16. The standard InChI is InChI=1S/C11H15N3O2S/c12-11(13)10(8-6-7-8)14-17(15,16)9-4-2-1-3-5-9/h1-5,8,10,14H,6-7H2,(H3,12,13). The van der Waals surface area contributed by atoms with Gasteiger partial charge in [0.15, 0.2) is 0 Å². The van der Waals surface area contributed by atoms with E-state index < -0.39 is 16.1 Å². The maximum Gasteiger partial charge on any atom is 0.241 e. The second kappa shape index (κ2) is 4.46. The molecule has 17 heavy (non-hydrogen) atoms. The van der Waals surface area contributed by atoms with E-state index in [1.807, 2.05) is 0 Å². The Balaban J connectivity index is 2.19. The number of amidine groups is 1. The highest BCUT2D eigenvalue weighted by atomic mass is 32.2. The third-order valence-corrected chi connectivity index (χ3v) is 4.22. The zero-order valence-corrected chi connectivity index (χ0v) is 10.1. The fraction of sp³-hybridized carbons (Fsp3) is 0.364. The predicted octanol–water partition coefficient (Wildman–Crippen LogP) is 0.679. The van der Waals surface area contributed by atoms with Crippen molar-refractivity contribution in [3.05, 3.63) is 30.3 Å². The number of sulfonamides is 1. The fourth-order valence-electron chi connectivity index (χ4n) is 1.68. The van der Waals surface area contributed by atoms with Gasteiger partial charge in [-0.3, -0.25) is 5.41 Å². The molecule has 0 aliphatic heterocycles. The summed E-state index contributed by atoms with van der Waals surface area (Å²) in [5.74, 6) is 0.0537. The molecule has 4 N–H and O–H groups in total. The van der Waals surface area contributed by atoms with Crippen LogP contribution in [0, 0.1) is 11.3 Å². The van der Waals surface area contributed by atoms with Crippen LogP contribution in [0.4, 0.5) is 0 Å². The van der Waals surface area contributed by atoms with Crippen molar-refractivity contribution in [2.24, 2.45) is 11.7 Å². The highest BCUT2D eigenvalue weighted by molar-refractivity contribution is 7.89. The van der Waals surface area contributed by atoms with E-state index in [-0.39, 0.29) is 16.6 Å². The van der Waals surface area contributed by atoms with Crippen LogP contribution in [0.25, 0.3) is 0 Å². The smallest absolute Gasteiger partial charge is 0.241 e. The monoisotopic (exact) mass is 253 g/mol. The molecule has 1 fully saturated rings. The van der Waals surface area contributed by atoms with Gasteiger partial charge in [-0.15, -0.1) is 0 Å². The second-order valence-electron chi connectivity index (χ2n) is 4.20. The van der Waals surface area contributed by atoms with E-state index >= 15 is 0 Å². The first-order valence-electron chi connectivity index (χ1n) is 5.42. The third-order valence-electron chi connectivity index (χ3n) is 2.76. The number of nitrogens with two attached hydrogens (primary N) is 1. The molecule has 0 aromatic heterocycles. The highest BCUT2D eigenvalue weighted by Gasteiger charge is 2.36. The van der Waals surface area contributed by atoms with Gasteiger partial charge >= 0.3 is 0 Å². The van der Waals surface area contributed by atoms with Gasteiger partial charge in [0, 0.05) is 0 Å². The molecule has 0 bridgehead atoms. The molecule has 0 amide bonds. The van der Waals surface area contributed by atoms with Crippen molar-refractivity contribution in [1.82, 2.24) is 4.72 Å². The van der Waals surface area contributed by atoms with Crippen LogP contribution in [0.5, 0.6) is 0 Å². The summed E-state index contributed by atoms with van der Waals surface area (Å²) < 4.78 is 26.5. The Kier molecular flexibility index (Phi) is 3.17. The molecule has 5 nitrogen and oxygen atoms in total. The molecule has 1 aromatic carbocycles. The summed E-state index contributed by atoms with van der Waals surface area (Å²) in [5, 5.41) is 7.42. The topological polar surface area (TPSA) is 96.0 Å². The van der Waals surface area contributed by atoms with E-state index in [0.717, 1.165) is 12.8 Å². The zero-order chi connectivity index (χ0) is 12.5. The summed E-state index contributed by atoms with van der Waals surface area (Å²) in [6, 6.07) is 7.55. The maximum absolute atomic E-state index is 12.0. The van der Waals surface area contributed by atoms with Gasteiger partial charge in [-0.2, -0.15) is 0 Å². The number of hydrogen-bond donors (Lipinski definition) is 3. The molecule has 1 unspecified atom stereocenters. The SMILES string of the molecule is N=C(N)C(NS(=O)(=O)c1ccccc1)C1CC1. The van der Waals surface area contributed by atoms with Gasteiger partial charge in [0.2, 0.25) is 10.0 Å². The van der Waals surface area contributed by atoms with Crippen molar-refractivity contribution in [2.45, 2.75) is 23.8 Å². The molecule has 1 atom stereocenters. The Morgan fingerprint density at radius 3 is 2.41 bits per heavy atom. The summed E-state index contributed by atoms with van der Waals surface area (Å²) >= 11 is 0. The Labute approximate surface area is 101 Å². The molecular formula is C11H15N3O2S. The highest BCUT2D eigenvalue weighted by Crippen LogP contribution is 2.33. The minimum Gasteiger partial charge on any atom is -0.386 e. The normalized spacial score (nSPS) is 17.6. The first-order valence-corrected chi connectivity index (χ1v) is 6.90. The minimum absolute atomic E-state index is 0.119. The fourth-order valence-corrected chi connectivity index (χ4v) is 2.98. The van der Waals surface area contributed by atoms with Crippen LogP contribution in [-0.2, 0) is 10.0 Å². The van der Waals surface area contributed by atoms with E-state index in [4.69, 9.17) is 11.1 Å². The molecule has 0 saturated heterocycles. The number of rotatable bonds is 5. The van der Waals surface area contributed by atoms with Crippen molar-refractivity contribution in [2.75, 3.05) is 0 Å². The molecule has 92 valence electrons. The quantitative estimate of drug-likeness (QED) is 0.532. The molecule has 6 heteroatoms. The van der Waals surface area contributed by atoms with Gasteiger partial charge in [0.05, 0.1) is 10.9 Å². The van der Waals surface area contributed by atoms with Crippen molar-refractivity contribution in [3.8, 4) is 0 Å². The maximum atomic E-state index is 12.0. The van der Waals surface area contributed by atoms with Crippen molar-refractivity contribution in [1.29, 1.82) is 5.41 Å². The predicted molar refractivity (Wildman–Crippen MR) is 65.2 cm³/mol. The van der Waals surface area contributed by atoms with Crippen LogP contribution in [0.2, 0.25) is 0 Å². The first kappa shape index (κ1) is 12.1. The average molecular weight is 253 g/mol. The van der Waals surface area contributed by atoms with E-state index in [0.29, 0.717) is 0 Å². The van der Waals surface area contributed by atoms with E-state index in [1.54, 1.807) is 18.2 Å². The zero-order valence-electron chi connectivity index (χ0n) is 9.26. The second-order valence-corrected chi connectivity index (χ2v) is 5.92. The number of nitrogens with one attached hydrogen (secondary N) is 2. The van der Waals surface area contributed by atoms with Gasteiger partial charge in [-0.05, 0) is 30.9 Å². The molecule has 2 rings (SSSR count). The van der Waals surface area contributed by atoms with Crippen LogP contribution < -0.4 is 10.5 Å². The van der Waals surface area contributed by atoms with Gasteiger partial charge in [0.1, 0.15) is 5.84 Å². The molecule has 0 radical (unpaired) electrons. The Morgan fingerprint density at radius 1 is 1.35 bits per heavy atom. The van der Waals surface area contributed by atoms with Crippen molar-refractivity contribution < 1.29 is 8.42 Å². The first-order chi connectivity index (χ1) is 8.00. The van der Waals surface area contributed by atoms with Gasteiger partial charge < -0.3 is 5.73 Å². The molecule has 1 aliphatic carbocycles. The van der Waals surface area contributed by atoms with Crippen LogP contribution >= 0.6 is 0 Å². The van der Waals surface area contributed by atoms with E-state index in [2.05, 4.69) is 4.72 Å². The average Bonchev–Trinajstić information content (AvgIpc) is 3.11. The summed E-state index contributed by atoms with van der Waals surface area (Å²) in [6.45, 7) is 0. The molecule has 1 aromatic rings. The largest absolute Gasteiger partial charge is 0.386 e. The lowest BCUT2D eigenvalue weighted by Crippen LogP contribution is -2.45. The third kappa shape index (κ3) is 2.83. The molecule has 1 saturated carbocycles. The van der Waals surface area contributed by atoms with Gasteiger partial charge in [0.25, 0.3) is 0 Å². The van der Waals surface area contributed by atoms with Crippen LogP contribution in [0.3, 0.4) is 0 Å². The minimum atomic E-state index is -3.58. The molecular weight excluding hydrogens is 238 g/mol. The van der Waals surface area contributed by atoms with Crippen LogP contribution in [-0.4, -0.2) is 20.3 Å². The summed E-state index contributed by atoms with van der Waals surface area (Å²) in [6.07, 6.45) is 1.84. The van der Waals surface area contributed by atoms with Crippen molar-refractivity contribution >= 4 is 15.9 Å². The van der Waals surface area contributed by atoms with Gasteiger partial charge in [-0.1, -0.05) is 18.2 Å². The Hall–Kier alpha value is -1.40. The molecule has 1 aliphatic rings. The lowest BCUT2D eigenvalue weighted by molar-refractivity contribution is 0.563. The number of benzene rings is 1. The van der Waals surface area contributed by atoms with Crippen LogP contribution in [0.15, 0.2) is 35.2 Å². The number of hydrogen-bond acceptors (Lipinski definition) is 3. The summed E-state index contributed by atoms with van der Waals surface area (Å²) in [5.41, 5.74) is 5.42. The lowest BCUT2D eigenvalue weighted by atomic mass is 10.2. The van der Waals surface area contributed by atoms with E-state index in [1.165, 1.54) is 12.1 Å². The Morgan fingerprint density at radius 2 is 1.94 bits per heavy atom. The summed E-state index contributed by atoms with van der Waals surface area (Å²) in [4.78, 5) is 0.201. The molecule has 0 spiro atoms. The van der Waals surface area contributed by atoms with Gasteiger partial charge in [-0.25, -0.2) is 13.1 Å². The van der Waals surface area contributed by atoms with Crippen molar-refractivity contribution in [3.63, 3.8) is 0 Å². The van der Waals surface area contributed by atoms with Crippen LogP contribution in [0.1, 0.15) is 12.8 Å². The summed E-state index contributed by atoms with van der Waals surface area (Å²) in [7, 11) is -3.58. The van der Waals surface area contributed by atoms with E-state index in [9.17, 15) is 8.42 Å².